The number of ether oxygens (including phenoxy) is 1. The zero-order valence-electron chi connectivity index (χ0n) is 10.7. The Balaban J connectivity index is 1.96. The minimum absolute atomic E-state index is 0.136. The molecule has 0 aliphatic heterocycles. The number of halogens is 1. The number of benzene rings is 2. The highest BCUT2D eigenvalue weighted by Crippen LogP contribution is 2.29. The van der Waals surface area contributed by atoms with E-state index in [0.717, 1.165) is 11.1 Å². The maximum absolute atomic E-state index is 13.0. The fraction of sp³-hybridized carbons (Fsp3) is 0.200. The topological polar surface area (TPSA) is 41.5 Å². The Morgan fingerprint density at radius 2 is 1.95 bits per heavy atom. The van der Waals surface area contributed by atoms with Crippen molar-refractivity contribution in [2.24, 2.45) is 0 Å². The molecule has 2 N–H and O–H groups in total. The predicted molar refractivity (Wildman–Crippen MR) is 71.6 cm³/mol. The van der Waals surface area contributed by atoms with Crippen LogP contribution in [0.3, 0.4) is 0 Å². The molecule has 0 aromatic heterocycles. The van der Waals surface area contributed by atoms with Gasteiger partial charge in [0.15, 0.2) is 11.5 Å². The van der Waals surface area contributed by atoms with E-state index >= 15 is 0 Å². The highest BCUT2D eigenvalue weighted by Gasteiger charge is 2.06. The number of nitrogens with one attached hydrogen (secondary N) is 1. The minimum atomic E-state index is -0.247. The van der Waals surface area contributed by atoms with E-state index in [0.29, 0.717) is 18.8 Å². The molecule has 0 saturated carbocycles. The normalized spacial score (nSPS) is 10.4. The lowest BCUT2D eigenvalue weighted by atomic mass is 10.1. The molecule has 2 aromatic carbocycles. The molecule has 0 atom stereocenters. The van der Waals surface area contributed by atoms with Gasteiger partial charge in [-0.1, -0.05) is 24.3 Å². The van der Waals surface area contributed by atoms with Crippen LogP contribution in [0.15, 0.2) is 42.5 Å². The van der Waals surface area contributed by atoms with E-state index in [1.54, 1.807) is 12.1 Å². The molecule has 0 aliphatic carbocycles. The zero-order valence-corrected chi connectivity index (χ0v) is 10.7. The van der Waals surface area contributed by atoms with Gasteiger partial charge in [-0.15, -0.1) is 0 Å². The van der Waals surface area contributed by atoms with E-state index in [-0.39, 0.29) is 11.6 Å². The van der Waals surface area contributed by atoms with Gasteiger partial charge in [0, 0.05) is 18.7 Å². The van der Waals surface area contributed by atoms with Gasteiger partial charge in [-0.05, 0) is 23.8 Å². The third-order valence-corrected chi connectivity index (χ3v) is 2.84. The standard InChI is InChI=1S/C15H16FNO2/c1-19-14-7-3-5-12(15(14)18)10-17-9-11-4-2-6-13(16)8-11/h2-8,17-18H,9-10H2,1H3. The quantitative estimate of drug-likeness (QED) is 0.869. The maximum atomic E-state index is 13.0. The molecule has 0 fully saturated rings. The molecule has 100 valence electrons. The molecule has 0 radical (unpaired) electrons. The summed E-state index contributed by atoms with van der Waals surface area (Å²) < 4.78 is 18.0. The summed E-state index contributed by atoms with van der Waals surface area (Å²) in [6.45, 7) is 1.02. The van der Waals surface area contributed by atoms with Gasteiger partial charge in [0.05, 0.1) is 7.11 Å². The van der Waals surface area contributed by atoms with Gasteiger partial charge in [0.1, 0.15) is 5.82 Å². The van der Waals surface area contributed by atoms with E-state index in [4.69, 9.17) is 4.74 Å². The SMILES string of the molecule is COc1cccc(CNCc2cccc(F)c2)c1O. The van der Waals surface area contributed by atoms with Crippen LogP contribution in [-0.2, 0) is 13.1 Å². The smallest absolute Gasteiger partial charge is 0.162 e. The molecule has 2 aromatic rings. The van der Waals surface area contributed by atoms with Crippen LogP contribution in [0.25, 0.3) is 0 Å². The van der Waals surface area contributed by atoms with Crippen LogP contribution in [0.1, 0.15) is 11.1 Å². The molecule has 0 saturated heterocycles. The predicted octanol–water partition coefficient (Wildman–Crippen LogP) is 2.83. The van der Waals surface area contributed by atoms with Crippen molar-refractivity contribution in [3.05, 3.63) is 59.4 Å². The molecular formula is C15H16FNO2. The highest BCUT2D eigenvalue weighted by atomic mass is 19.1. The Morgan fingerprint density at radius 1 is 1.16 bits per heavy atom. The second kappa shape index (κ2) is 6.20. The Hall–Kier alpha value is -2.07. The molecule has 0 heterocycles. The second-order valence-corrected chi connectivity index (χ2v) is 4.20. The van der Waals surface area contributed by atoms with Crippen LogP contribution in [-0.4, -0.2) is 12.2 Å². The lowest BCUT2D eigenvalue weighted by Gasteiger charge is -2.10. The summed E-state index contributed by atoms with van der Waals surface area (Å²) in [5, 5.41) is 13.1. The average molecular weight is 261 g/mol. The first-order chi connectivity index (χ1) is 9.20. The van der Waals surface area contributed by atoms with E-state index in [1.165, 1.54) is 19.2 Å². The van der Waals surface area contributed by atoms with E-state index in [2.05, 4.69) is 5.32 Å². The van der Waals surface area contributed by atoms with Gasteiger partial charge >= 0.3 is 0 Å². The van der Waals surface area contributed by atoms with Gasteiger partial charge in [-0.25, -0.2) is 4.39 Å². The van der Waals surface area contributed by atoms with Crippen molar-refractivity contribution in [1.29, 1.82) is 0 Å². The monoisotopic (exact) mass is 261 g/mol. The molecule has 19 heavy (non-hydrogen) atoms. The van der Waals surface area contributed by atoms with E-state index < -0.39 is 0 Å². The van der Waals surface area contributed by atoms with Gasteiger partial charge in [0.2, 0.25) is 0 Å². The average Bonchev–Trinajstić information content (AvgIpc) is 2.41. The summed E-state index contributed by atoms with van der Waals surface area (Å²) in [5.41, 5.74) is 1.61. The molecule has 0 amide bonds. The second-order valence-electron chi connectivity index (χ2n) is 4.20. The summed E-state index contributed by atoms with van der Waals surface area (Å²) in [6.07, 6.45) is 0. The van der Waals surface area contributed by atoms with Crippen molar-refractivity contribution in [2.75, 3.05) is 7.11 Å². The van der Waals surface area contributed by atoms with Crippen molar-refractivity contribution in [1.82, 2.24) is 5.32 Å². The summed E-state index contributed by atoms with van der Waals surface area (Å²) in [6, 6.07) is 11.8. The number of hydrogen-bond donors (Lipinski definition) is 2. The molecule has 0 unspecified atom stereocenters. The number of hydrogen-bond acceptors (Lipinski definition) is 3. The van der Waals surface area contributed by atoms with Crippen LogP contribution in [0.4, 0.5) is 4.39 Å². The van der Waals surface area contributed by atoms with Crippen molar-refractivity contribution < 1.29 is 14.2 Å². The molecule has 4 heteroatoms. The number of phenolic OH excluding ortho intramolecular Hbond substituents is 1. The number of para-hydroxylation sites is 1. The lowest BCUT2D eigenvalue weighted by Crippen LogP contribution is -2.13. The third-order valence-electron chi connectivity index (χ3n) is 2.84. The Morgan fingerprint density at radius 3 is 2.68 bits per heavy atom. The van der Waals surface area contributed by atoms with Gasteiger partial charge < -0.3 is 15.2 Å². The largest absolute Gasteiger partial charge is 0.504 e. The number of methoxy groups -OCH3 is 1. The summed E-state index contributed by atoms with van der Waals surface area (Å²) in [4.78, 5) is 0. The van der Waals surface area contributed by atoms with Crippen LogP contribution < -0.4 is 10.1 Å². The van der Waals surface area contributed by atoms with Gasteiger partial charge in [-0.2, -0.15) is 0 Å². The Kier molecular flexibility index (Phi) is 4.36. The highest BCUT2D eigenvalue weighted by molar-refractivity contribution is 5.45. The summed E-state index contributed by atoms with van der Waals surface area (Å²) in [5.74, 6) is 0.338. The fourth-order valence-electron chi connectivity index (χ4n) is 1.86. The fourth-order valence-corrected chi connectivity index (χ4v) is 1.86. The first kappa shape index (κ1) is 13.4. The summed E-state index contributed by atoms with van der Waals surface area (Å²) >= 11 is 0. The Labute approximate surface area is 111 Å². The lowest BCUT2D eigenvalue weighted by molar-refractivity contribution is 0.369. The number of phenols is 1. The van der Waals surface area contributed by atoms with Crippen LogP contribution in [0, 0.1) is 5.82 Å². The molecule has 2 rings (SSSR count). The van der Waals surface area contributed by atoms with E-state index in [9.17, 15) is 9.50 Å². The van der Waals surface area contributed by atoms with Crippen LogP contribution in [0.5, 0.6) is 11.5 Å². The van der Waals surface area contributed by atoms with Crippen molar-refractivity contribution in [3.63, 3.8) is 0 Å². The zero-order chi connectivity index (χ0) is 13.7. The van der Waals surface area contributed by atoms with Crippen molar-refractivity contribution in [3.8, 4) is 11.5 Å². The molecule has 0 spiro atoms. The van der Waals surface area contributed by atoms with Crippen molar-refractivity contribution in [2.45, 2.75) is 13.1 Å². The molecule has 0 aliphatic rings. The Bertz CT molecular complexity index is 558. The first-order valence-electron chi connectivity index (χ1n) is 6.00. The number of rotatable bonds is 5. The molecule has 0 bridgehead atoms. The molecular weight excluding hydrogens is 245 g/mol. The summed E-state index contributed by atoms with van der Waals surface area (Å²) in [7, 11) is 1.51. The van der Waals surface area contributed by atoms with Crippen molar-refractivity contribution >= 4 is 0 Å². The first-order valence-corrected chi connectivity index (χ1v) is 6.00. The van der Waals surface area contributed by atoms with Crippen LogP contribution >= 0.6 is 0 Å². The third kappa shape index (κ3) is 3.45. The maximum Gasteiger partial charge on any atom is 0.162 e. The van der Waals surface area contributed by atoms with Crippen LogP contribution in [0.2, 0.25) is 0 Å². The molecule has 3 nitrogen and oxygen atoms in total. The van der Waals surface area contributed by atoms with E-state index in [1.807, 2.05) is 18.2 Å². The number of aromatic hydroxyl groups is 1. The van der Waals surface area contributed by atoms with Gasteiger partial charge in [0.25, 0.3) is 0 Å². The minimum Gasteiger partial charge on any atom is -0.504 e. The van der Waals surface area contributed by atoms with Gasteiger partial charge in [-0.3, -0.25) is 0 Å².